The van der Waals surface area contributed by atoms with E-state index in [0.29, 0.717) is 6.42 Å². The third kappa shape index (κ3) is 6.82. The highest BCUT2D eigenvalue weighted by atomic mass is 31.1. The van der Waals surface area contributed by atoms with Gasteiger partial charge in [0.2, 0.25) is 0 Å². The molecule has 0 amide bonds. The van der Waals surface area contributed by atoms with E-state index in [1.165, 1.54) is 6.92 Å². The number of ketones is 1. The van der Waals surface area contributed by atoms with Crippen molar-refractivity contribution in [2.45, 2.75) is 45.6 Å². The van der Waals surface area contributed by atoms with E-state index in [1.807, 2.05) is 0 Å². The van der Waals surface area contributed by atoms with Gasteiger partial charge in [-0.1, -0.05) is 19.8 Å². The fourth-order valence-corrected chi connectivity index (χ4v) is 1.33. The van der Waals surface area contributed by atoms with Crippen molar-refractivity contribution in [3.63, 3.8) is 0 Å². The molecule has 1 N–H and O–H groups in total. The van der Waals surface area contributed by atoms with Crippen molar-refractivity contribution in [3.8, 4) is 0 Å². The summed E-state index contributed by atoms with van der Waals surface area (Å²) < 4.78 is 14.7. The highest BCUT2D eigenvalue weighted by Crippen LogP contribution is 2.19. The van der Waals surface area contributed by atoms with Crippen LogP contribution in [0, 0.1) is 0 Å². The van der Waals surface area contributed by atoms with Gasteiger partial charge in [-0.2, -0.15) is 0 Å². The Kier molecular flexibility index (Phi) is 6.96. The van der Waals surface area contributed by atoms with Crippen LogP contribution in [-0.2, 0) is 13.9 Å². The van der Waals surface area contributed by atoms with E-state index in [2.05, 4.69) is 11.4 Å². The maximum atomic E-state index is 11.2. The number of rotatable bonds is 7. The molecule has 0 fully saturated rings. The smallest absolute Gasteiger partial charge is 0.297 e. The van der Waals surface area contributed by atoms with Crippen molar-refractivity contribution in [1.82, 2.24) is 0 Å². The molecule has 2 unspecified atom stereocenters. The molecular formula is C8H16O4P+. The van der Waals surface area contributed by atoms with E-state index >= 15 is 0 Å². The summed E-state index contributed by atoms with van der Waals surface area (Å²) in [7, 11) is -2.66. The maximum Gasteiger partial charge on any atom is 0.695 e. The molecule has 0 aliphatic carbocycles. The first kappa shape index (κ1) is 12.7. The number of hydrogen-bond acceptors (Lipinski definition) is 3. The second-order valence-corrected chi connectivity index (χ2v) is 3.60. The molecule has 0 aromatic heterocycles. The van der Waals surface area contributed by atoms with Crippen molar-refractivity contribution < 1.29 is 18.8 Å². The molecule has 0 spiro atoms. The average Bonchev–Trinajstić information content (AvgIpc) is 2.03. The van der Waals surface area contributed by atoms with Crippen molar-refractivity contribution in [2.24, 2.45) is 0 Å². The Morgan fingerprint density at radius 2 is 2.15 bits per heavy atom. The van der Waals surface area contributed by atoms with Gasteiger partial charge in [0.05, 0.1) is 0 Å². The van der Waals surface area contributed by atoms with Gasteiger partial charge in [-0.3, -0.25) is 4.79 Å². The Morgan fingerprint density at radius 1 is 1.54 bits per heavy atom. The SMILES string of the molecule is CCCCCC(=O)C(C)O[P+](=O)O. The minimum atomic E-state index is -2.66. The van der Waals surface area contributed by atoms with Crippen LogP contribution in [0.3, 0.4) is 0 Å². The predicted octanol–water partition coefficient (Wildman–Crippen LogP) is 2.19. The molecule has 5 heteroatoms. The summed E-state index contributed by atoms with van der Waals surface area (Å²) in [4.78, 5) is 19.6. The molecule has 0 aromatic carbocycles. The summed E-state index contributed by atoms with van der Waals surface area (Å²) in [5.41, 5.74) is 0. The number of unbranched alkanes of at least 4 members (excludes halogenated alkanes) is 2. The van der Waals surface area contributed by atoms with Gasteiger partial charge >= 0.3 is 8.25 Å². The Labute approximate surface area is 79.2 Å². The van der Waals surface area contributed by atoms with E-state index in [0.717, 1.165) is 19.3 Å². The van der Waals surface area contributed by atoms with Crippen LogP contribution in [0.15, 0.2) is 0 Å². The van der Waals surface area contributed by atoms with E-state index in [-0.39, 0.29) is 5.78 Å². The molecular weight excluding hydrogens is 191 g/mol. The number of hydrogen-bond donors (Lipinski definition) is 1. The van der Waals surface area contributed by atoms with Crippen LogP contribution in [0.5, 0.6) is 0 Å². The summed E-state index contributed by atoms with van der Waals surface area (Å²) in [5.74, 6) is -0.106. The van der Waals surface area contributed by atoms with Crippen LogP contribution in [0.4, 0.5) is 0 Å². The largest absolute Gasteiger partial charge is 0.695 e. The molecule has 0 radical (unpaired) electrons. The molecule has 0 rings (SSSR count). The molecule has 0 saturated heterocycles. The van der Waals surface area contributed by atoms with Gasteiger partial charge in [-0.05, 0) is 13.3 Å². The van der Waals surface area contributed by atoms with E-state index in [4.69, 9.17) is 4.89 Å². The Morgan fingerprint density at radius 3 is 2.62 bits per heavy atom. The van der Waals surface area contributed by atoms with Gasteiger partial charge in [-0.25, -0.2) is 0 Å². The van der Waals surface area contributed by atoms with Crippen molar-refractivity contribution in [2.75, 3.05) is 0 Å². The summed E-state index contributed by atoms with van der Waals surface area (Å²) in [5, 5.41) is 0. The fourth-order valence-electron chi connectivity index (χ4n) is 0.947. The zero-order valence-corrected chi connectivity index (χ0v) is 8.92. The monoisotopic (exact) mass is 207 g/mol. The van der Waals surface area contributed by atoms with Crippen LogP contribution >= 0.6 is 8.25 Å². The number of carbonyl (C=O) groups is 1. The quantitative estimate of drug-likeness (QED) is 0.513. The zero-order valence-electron chi connectivity index (χ0n) is 8.02. The van der Waals surface area contributed by atoms with Crippen LogP contribution in [-0.4, -0.2) is 16.8 Å². The van der Waals surface area contributed by atoms with E-state index in [9.17, 15) is 9.36 Å². The second kappa shape index (κ2) is 7.13. The Bertz CT molecular complexity index is 181. The Hall–Kier alpha value is -0.310. The maximum absolute atomic E-state index is 11.2. The standard InChI is InChI=1S/C8H15O4P/c1-3-4-5-6-8(9)7(2)12-13(10)11/h7H,3-6H2,1-2H3/p+1. The average molecular weight is 207 g/mol. The first-order chi connectivity index (χ1) is 6.07. The Balaban J connectivity index is 3.63. The van der Waals surface area contributed by atoms with E-state index in [1.54, 1.807) is 0 Å². The molecule has 0 aromatic rings. The molecule has 4 nitrogen and oxygen atoms in total. The molecule has 13 heavy (non-hydrogen) atoms. The molecule has 0 saturated carbocycles. The molecule has 0 aliphatic rings. The molecule has 2 atom stereocenters. The van der Waals surface area contributed by atoms with Crippen LogP contribution in [0.1, 0.15) is 39.5 Å². The number of Topliss-reactive ketones (excluding diaryl/α,β-unsaturated/α-hetero) is 1. The van der Waals surface area contributed by atoms with Crippen molar-refractivity contribution in [1.29, 1.82) is 0 Å². The van der Waals surface area contributed by atoms with Crippen molar-refractivity contribution in [3.05, 3.63) is 0 Å². The van der Waals surface area contributed by atoms with Gasteiger partial charge in [0.25, 0.3) is 0 Å². The van der Waals surface area contributed by atoms with Gasteiger partial charge in [0.1, 0.15) is 0 Å². The summed E-state index contributed by atoms with van der Waals surface area (Å²) in [6.45, 7) is 3.55. The van der Waals surface area contributed by atoms with Gasteiger partial charge < -0.3 is 0 Å². The third-order valence-electron chi connectivity index (χ3n) is 1.73. The zero-order chi connectivity index (χ0) is 10.3. The summed E-state index contributed by atoms with van der Waals surface area (Å²) in [6, 6.07) is 0. The lowest BCUT2D eigenvalue weighted by Gasteiger charge is -2.01. The lowest BCUT2D eigenvalue weighted by Crippen LogP contribution is -2.17. The van der Waals surface area contributed by atoms with Crippen LogP contribution in [0.25, 0.3) is 0 Å². The van der Waals surface area contributed by atoms with Crippen molar-refractivity contribution >= 4 is 14.0 Å². The third-order valence-corrected chi connectivity index (χ3v) is 2.23. The second-order valence-electron chi connectivity index (χ2n) is 2.91. The first-order valence-electron chi connectivity index (χ1n) is 4.43. The molecule has 0 heterocycles. The summed E-state index contributed by atoms with van der Waals surface area (Å²) in [6.07, 6.45) is 2.55. The highest BCUT2D eigenvalue weighted by Gasteiger charge is 2.24. The van der Waals surface area contributed by atoms with Gasteiger partial charge in [0, 0.05) is 11.0 Å². The highest BCUT2D eigenvalue weighted by molar-refractivity contribution is 7.32. The minimum absolute atomic E-state index is 0.106. The van der Waals surface area contributed by atoms with Crippen LogP contribution < -0.4 is 0 Å². The van der Waals surface area contributed by atoms with E-state index < -0.39 is 14.4 Å². The molecule has 0 aliphatic heterocycles. The topological polar surface area (TPSA) is 63.6 Å². The minimum Gasteiger partial charge on any atom is -0.297 e. The normalized spacial score (nSPS) is 13.9. The number of carbonyl (C=O) groups excluding carboxylic acids is 1. The fraction of sp³-hybridized carbons (Fsp3) is 0.875. The van der Waals surface area contributed by atoms with Gasteiger partial charge in [0.15, 0.2) is 11.9 Å². The lowest BCUT2D eigenvalue weighted by atomic mass is 10.1. The summed E-state index contributed by atoms with van der Waals surface area (Å²) >= 11 is 0. The predicted molar refractivity (Wildman–Crippen MR) is 49.5 cm³/mol. The lowest BCUT2D eigenvalue weighted by molar-refractivity contribution is -0.125. The first-order valence-corrected chi connectivity index (χ1v) is 5.56. The van der Waals surface area contributed by atoms with Crippen LogP contribution in [0.2, 0.25) is 0 Å². The van der Waals surface area contributed by atoms with Gasteiger partial charge in [-0.15, -0.1) is 9.42 Å². The molecule has 76 valence electrons. The molecule has 0 bridgehead atoms.